The molecule has 49 heavy (non-hydrogen) atoms. The van der Waals surface area contributed by atoms with Crippen molar-refractivity contribution in [3.05, 3.63) is 127 Å². The molecular formula is C37H34Cl4FN3O4. The molecule has 4 aromatic rings. The fourth-order valence-corrected chi connectivity index (χ4v) is 7.68. The Morgan fingerprint density at radius 3 is 2.43 bits per heavy atom. The van der Waals surface area contributed by atoms with Gasteiger partial charge < -0.3 is 15.2 Å². The molecule has 12 heteroatoms. The van der Waals surface area contributed by atoms with Gasteiger partial charge in [-0.3, -0.25) is 14.6 Å². The number of carbonyl (C=O) groups excluding carboxylic acids is 2. The number of nitrogens with zero attached hydrogens (tertiary/aromatic N) is 2. The maximum atomic E-state index is 14.5. The zero-order chi connectivity index (χ0) is 34.9. The quantitative estimate of drug-likeness (QED) is 0.179. The lowest BCUT2D eigenvalue weighted by Crippen LogP contribution is -2.53. The highest BCUT2D eigenvalue weighted by atomic mass is 35.5. The van der Waals surface area contributed by atoms with Crippen LogP contribution in [0.15, 0.2) is 78.9 Å². The molecule has 4 aromatic carbocycles. The molecule has 0 saturated carbocycles. The van der Waals surface area contributed by atoms with Gasteiger partial charge >= 0.3 is 6.09 Å². The van der Waals surface area contributed by atoms with Gasteiger partial charge in [-0.05, 0) is 78.6 Å². The third-order valence-electron chi connectivity index (χ3n) is 9.59. The number of anilines is 1. The molecule has 2 N–H and O–H groups in total. The SMILES string of the molecule is CN1C(=O)OC2(CCN(C(Cc3ccc(Cl)cc3Cl)CC(CNC(=O)c3ccccc3O)c3ccc(Cl)c(Cl)c3)CC2)c2cc(F)ccc21. The lowest BCUT2D eigenvalue weighted by atomic mass is 9.80. The van der Waals surface area contributed by atoms with Gasteiger partial charge in [0.1, 0.15) is 17.2 Å². The van der Waals surface area contributed by atoms with E-state index in [2.05, 4.69) is 10.2 Å². The third kappa shape index (κ3) is 7.64. The molecule has 256 valence electrons. The maximum absolute atomic E-state index is 14.5. The number of ether oxygens (including phenoxy) is 1. The van der Waals surface area contributed by atoms with Crippen LogP contribution < -0.4 is 10.2 Å². The van der Waals surface area contributed by atoms with Crippen LogP contribution in [0, 0.1) is 5.82 Å². The highest BCUT2D eigenvalue weighted by Gasteiger charge is 2.47. The summed E-state index contributed by atoms with van der Waals surface area (Å²) >= 11 is 25.7. The molecule has 6 rings (SSSR count). The average Bonchev–Trinajstić information content (AvgIpc) is 3.08. The van der Waals surface area contributed by atoms with Gasteiger partial charge in [0.05, 0.1) is 21.3 Å². The Morgan fingerprint density at radius 1 is 0.959 bits per heavy atom. The van der Waals surface area contributed by atoms with E-state index in [9.17, 15) is 19.1 Å². The summed E-state index contributed by atoms with van der Waals surface area (Å²) in [5.41, 5.74) is 2.28. The van der Waals surface area contributed by atoms with Gasteiger partial charge in [0.25, 0.3) is 5.91 Å². The van der Waals surface area contributed by atoms with Crippen molar-refractivity contribution in [2.45, 2.75) is 43.2 Å². The normalized spacial score (nSPS) is 16.9. The number of nitrogens with one attached hydrogen (secondary N) is 1. The second kappa shape index (κ2) is 14.8. The summed E-state index contributed by atoms with van der Waals surface area (Å²) in [5, 5.41) is 15.2. The Kier molecular flexibility index (Phi) is 10.6. The molecule has 2 amide bonds. The lowest BCUT2D eigenvalue weighted by molar-refractivity contribution is -0.0502. The second-order valence-electron chi connectivity index (χ2n) is 12.5. The average molecular weight is 746 g/mol. The van der Waals surface area contributed by atoms with E-state index in [0.717, 1.165) is 11.1 Å². The minimum Gasteiger partial charge on any atom is -0.507 e. The predicted molar refractivity (Wildman–Crippen MR) is 192 cm³/mol. The van der Waals surface area contributed by atoms with Crippen LogP contribution in [-0.4, -0.2) is 54.7 Å². The monoisotopic (exact) mass is 743 g/mol. The third-order valence-corrected chi connectivity index (χ3v) is 10.9. The summed E-state index contributed by atoms with van der Waals surface area (Å²) in [6.45, 7) is 1.33. The van der Waals surface area contributed by atoms with Crippen LogP contribution in [-0.2, 0) is 16.8 Å². The Morgan fingerprint density at radius 2 is 1.71 bits per heavy atom. The van der Waals surface area contributed by atoms with E-state index in [-0.39, 0.29) is 29.8 Å². The van der Waals surface area contributed by atoms with Crippen LogP contribution in [0.4, 0.5) is 14.9 Å². The van der Waals surface area contributed by atoms with Gasteiger partial charge in [-0.25, -0.2) is 9.18 Å². The highest BCUT2D eigenvalue weighted by molar-refractivity contribution is 6.42. The molecule has 2 heterocycles. The van der Waals surface area contributed by atoms with Crippen molar-refractivity contribution < 1.29 is 23.8 Å². The predicted octanol–water partition coefficient (Wildman–Crippen LogP) is 9.24. The molecule has 0 aliphatic carbocycles. The van der Waals surface area contributed by atoms with Crippen LogP contribution in [0.2, 0.25) is 20.1 Å². The van der Waals surface area contributed by atoms with Crippen molar-refractivity contribution in [2.24, 2.45) is 0 Å². The van der Waals surface area contributed by atoms with Crippen molar-refractivity contribution >= 4 is 64.1 Å². The Balaban J connectivity index is 1.31. The van der Waals surface area contributed by atoms with Gasteiger partial charge in [0.15, 0.2) is 0 Å². The van der Waals surface area contributed by atoms with Gasteiger partial charge in [-0.15, -0.1) is 0 Å². The van der Waals surface area contributed by atoms with Gasteiger partial charge in [0.2, 0.25) is 0 Å². The number of phenolic OH excluding ortho intramolecular Hbond substituents is 1. The molecule has 1 saturated heterocycles. The molecule has 2 aliphatic heterocycles. The fraction of sp³-hybridized carbons (Fsp3) is 0.297. The zero-order valence-electron chi connectivity index (χ0n) is 26.6. The first-order valence-corrected chi connectivity index (χ1v) is 17.4. The summed E-state index contributed by atoms with van der Waals surface area (Å²) < 4.78 is 20.6. The number of hydrogen-bond donors (Lipinski definition) is 2. The Labute approximate surface area is 304 Å². The molecule has 7 nitrogen and oxygen atoms in total. The summed E-state index contributed by atoms with van der Waals surface area (Å²) in [4.78, 5) is 29.9. The smallest absolute Gasteiger partial charge is 0.414 e. The number of para-hydroxylation sites is 1. The molecule has 1 spiro atoms. The number of fused-ring (bicyclic) bond motifs is 2. The van der Waals surface area contributed by atoms with Crippen molar-refractivity contribution in [1.29, 1.82) is 0 Å². The number of aromatic hydroxyl groups is 1. The Bertz CT molecular complexity index is 1880. The second-order valence-corrected chi connectivity index (χ2v) is 14.2. The molecule has 2 atom stereocenters. The van der Waals surface area contributed by atoms with E-state index < -0.39 is 23.4 Å². The van der Waals surface area contributed by atoms with Crippen LogP contribution >= 0.6 is 46.4 Å². The van der Waals surface area contributed by atoms with E-state index in [1.54, 1.807) is 49.5 Å². The summed E-state index contributed by atoms with van der Waals surface area (Å²) in [5.74, 6) is -1.14. The van der Waals surface area contributed by atoms with E-state index in [1.165, 1.54) is 23.1 Å². The maximum Gasteiger partial charge on any atom is 0.414 e. The topological polar surface area (TPSA) is 82.1 Å². The summed E-state index contributed by atoms with van der Waals surface area (Å²) in [7, 11) is 1.62. The molecule has 2 unspecified atom stereocenters. The first kappa shape index (κ1) is 35.3. The first-order valence-electron chi connectivity index (χ1n) is 15.9. The van der Waals surface area contributed by atoms with Crippen LogP contribution in [0.5, 0.6) is 5.75 Å². The van der Waals surface area contributed by atoms with Crippen LogP contribution in [0.25, 0.3) is 0 Å². The molecule has 0 aromatic heterocycles. The highest BCUT2D eigenvalue weighted by Crippen LogP contribution is 2.46. The number of rotatable bonds is 9. The van der Waals surface area contributed by atoms with E-state index in [4.69, 9.17) is 51.1 Å². The number of benzene rings is 4. The largest absolute Gasteiger partial charge is 0.507 e. The number of phenols is 1. The van der Waals surface area contributed by atoms with E-state index in [1.807, 2.05) is 18.2 Å². The van der Waals surface area contributed by atoms with Gasteiger partial charge in [-0.1, -0.05) is 70.7 Å². The van der Waals surface area contributed by atoms with Crippen molar-refractivity contribution in [2.75, 3.05) is 31.6 Å². The van der Waals surface area contributed by atoms with Crippen LogP contribution in [0.3, 0.4) is 0 Å². The molecule has 2 aliphatic rings. The van der Waals surface area contributed by atoms with Crippen LogP contribution in [0.1, 0.15) is 52.2 Å². The van der Waals surface area contributed by atoms with E-state index in [0.29, 0.717) is 70.1 Å². The van der Waals surface area contributed by atoms with Crippen molar-refractivity contribution in [3.8, 4) is 5.75 Å². The lowest BCUT2D eigenvalue weighted by Gasteiger charge is -2.48. The van der Waals surface area contributed by atoms with Gasteiger partial charge in [0, 0.05) is 67.1 Å². The number of piperidine rings is 1. The number of hydrogen-bond acceptors (Lipinski definition) is 5. The molecule has 0 bridgehead atoms. The number of likely N-dealkylation sites (tertiary alicyclic amines) is 1. The number of amides is 2. The Hall–Kier alpha value is -3.53. The van der Waals surface area contributed by atoms with Gasteiger partial charge in [-0.2, -0.15) is 0 Å². The minimum atomic E-state index is -0.964. The first-order chi connectivity index (χ1) is 23.4. The fourth-order valence-electron chi connectivity index (χ4n) is 6.89. The standard InChI is InChI=1S/C37H34Cl4FN3O4/c1-44-33-11-9-26(42)20-29(33)37(49-36(44)48)12-14-45(15-13-37)27(16-23-6-8-25(38)19-31(23)40)17-24(22-7-10-30(39)32(41)18-22)21-43-35(47)28-4-2-3-5-34(28)46/h2-11,18-20,24,27,46H,12-17,21H2,1H3,(H,43,47). The minimum absolute atomic E-state index is 0.105. The molecular weight excluding hydrogens is 711 g/mol. The zero-order valence-corrected chi connectivity index (χ0v) is 29.6. The van der Waals surface area contributed by atoms with Crippen molar-refractivity contribution in [3.63, 3.8) is 0 Å². The van der Waals surface area contributed by atoms with Crippen molar-refractivity contribution in [1.82, 2.24) is 10.2 Å². The number of halogens is 5. The summed E-state index contributed by atoms with van der Waals surface area (Å²) in [6, 6.07) is 21.6. The molecule has 1 fully saturated rings. The summed E-state index contributed by atoms with van der Waals surface area (Å²) in [6.07, 6.45) is 1.56. The van der Waals surface area contributed by atoms with E-state index >= 15 is 0 Å². The number of carbonyl (C=O) groups is 2. The molecule has 0 radical (unpaired) electrons.